The van der Waals surface area contributed by atoms with Gasteiger partial charge in [0.15, 0.2) is 5.69 Å². The Kier molecular flexibility index (Phi) is 3.72. The van der Waals surface area contributed by atoms with Crippen LogP contribution in [-0.4, -0.2) is 17.0 Å². The molecule has 0 saturated heterocycles. The van der Waals surface area contributed by atoms with E-state index in [0.29, 0.717) is 0 Å². The van der Waals surface area contributed by atoms with E-state index in [1.165, 1.54) is 0 Å². The van der Waals surface area contributed by atoms with Gasteiger partial charge < -0.3 is 4.74 Å². The quantitative estimate of drug-likeness (QED) is 0.485. The molecule has 1 rings (SSSR count). The number of nitrogens with zero attached hydrogens (tertiary/aromatic N) is 2. The standard InChI is InChI=1S/C7H5F2IN2O3/c1-15-6-4(7(8)9)11-2-3(10)5(6)12(13)14/h2,7H,1H3. The minimum atomic E-state index is -2.91. The number of hydrogen-bond donors (Lipinski definition) is 0. The Morgan fingerprint density at radius 3 is 2.67 bits per heavy atom. The number of nitro groups is 1. The van der Waals surface area contributed by atoms with E-state index in [-0.39, 0.29) is 3.57 Å². The van der Waals surface area contributed by atoms with Crippen molar-refractivity contribution in [2.24, 2.45) is 0 Å². The van der Waals surface area contributed by atoms with Gasteiger partial charge in [0, 0.05) is 6.20 Å². The minimum absolute atomic E-state index is 0.152. The van der Waals surface area contributed by atoms with Gasteiger partial charge in [-0.15, -0.1) is 0 Å². The number of pyridine rings is 1. The molecular formula is C7H5F2IN2O3. The highest BCUT2D eigenvalue weighted by molar-refractivity contribution is 14.1. The summed E-state index contributed by atoms with van der Waals surface area (Å²) in [7, 11) is 1.09. The van der Waals surface area contributed by atoms with Gasteiger partial charge in [0.25, 0.3) is 6.43 Å². The van der Waals surface area contributed by atoms with Crippen molar-refractivity contribution in [1.82, 2.24) is 4.98 Å². The van der Waals surface area contributed by atoms with E-state index in [1.807, 2.05) is 0 Å². The molecule has 0 aromatic carbocycles. The average Bonchev–Trinajstić information content (AvgIpc) is 2.15. The van der Waals surface area contributed by atoms with Crippen LogP contribution in [-0.2, 0) is 0 Å². The molecule has 0 saturated carbocycles. The number of methoxy groups -OCH3 is 1. The van der Waals surface area contributed by atoms with Gasteiger partial charge >= 0.3 is 5.69 Å². The van der Waals surface area contributed by atoms with Crippen molar-refractivity contribution in [1.29, 1.82) is 0 Å². The molecule has 1 heterocycles. The van der Waals surface area contributed by atoms with Crippen LogP contribution in [0.4, 0.5) is 14.5 Å². The number of alkyl halides is 2. The number of halogens is 3. The summed E-state index contributed by atoms with van der Waals surface area (Å²) in [5.74, 6) is -0.484. The molecule has 0 bridgehead atoms. The molecule has 0 radical (unpaired) electrons. The molecule has 1 aromatic heterocycles. The third kappa shape index (κ3) is 2.30. The van der Waals surface area contributed by atoms with E-state index in [1.54, 1.807) is 22.6 Å². The fourth-order valence-corrected chi connectivity index (χ4v) is 1.58. The molecule has 0 amide bonds. The number of ether oxygens (including phenoxy) is 1. The normalized spacial score (nSPS) is 10.5. The summed E-state index contributed by atoms with van der Waals surface area (Å²) in [5.41, 5.74) is -1.20. The maximum Gasteiger partial charge on any atom is 0.327 e. The molecule has 0 aliphatic heterocycles. The molecule has 0 fully saturated rings. The zero-order valence-electron chi connectivity index (χ0n) is 7.41. The van der Waals surface area contributed by atoms with Gasteiger partial charge in [-0.05, 0) is 22.6 Å². The van der Waals surface area contributed by atoms with Crippen molar-refractivity contribution in [2.75, 3.05) is 7.11 Å². The van der Waals surface area contributed by atoms with Crippen molar-refractivity contribution >= 4 is 28.3 Å². The predicted octanol–water partition coefficient (Wildman–Crippen LogP) is 2.54. The lowest BCUT2D eigenvalue weighted by molar-refractivity contribution is -0.386. The Morgan fingerprint density at radius 1 is 1.67 bits per heavy atom. The Morgan fingerprint density at radius 2 is 2.27 bits per heavy atom. The number of hydrogen-bond acceptors (Lipinski definition) is 4. The molecular weight excluding hydrogens is 325 g/mol. The van der Waals surface area contributed by atoms with Crippen LogP contribution in [0.3, 0.4) is 0 Å². The third-order valence-corrected chi connectivity index (χ3v) is 2.37. The van der Waals surface area contributed by atoms with Crippen LogP contribution in [0.5, 0.6) is 5.75 Å². The van der Waals surface area contributed by atoms with Crippen molar-refractivity contribution in [2.45, 2.75) is 6.43 Å². The zero-order valence-corrected chi connectivity index (χ0v) is 9.57. The lowest BCUT2D eigenvalue weighted by Crippen LogP contribution is -2.03. The number of aromatic nitrogens is 1. The molecule has 0 unspecified atom stereocenters. The van der Waals surface area contributed by atoms with Gasteiger partial charge in [-0.3, -0.25) is 10.1 Å². The highest BCUT2D eigenvalue weighted by atomic mass is 127. The zero-order chi connectivity index (χ0) is 11.6. The maximum atomic E-state index is 12.4. The van der Waals surface area contributed by atoms with Crippen molar-refractivity contribution in [3.63, 3.8) is 0 Å². The highest BCUT2D eigenvalue weighted by Crippen LogP contribution is 2.37. The Labute approximate surface area is 96.7 Å². The van der Waals surface area contributed by atoms with Crippen LogP contribution in [0.2, 0.25) is 0 Å². The second-order valence-corrected chi connectivity index (χ2v) is 3.59. The lowest BCUT2D eigenvalue weighted by Gasteiger charge is -2.07. The SMILES string of the molecule is COc1c(C(F)F)ncc(I)c1[N+](=O)[O-]. The van der Waals surface area contributed by atoms with Gasteiger partial charge in [0.2, 0.25) is 5.75 Å². The summed E-state index contributed by atoms with van der Waals surface area (Å²) in [4.78, 5) is 13.3. The molecule has 0 spiro atoms. The fourth-order valence-electron chi connectivity index (χ4n) is 1.00. The van der Waals surface area contributed by atoms with E-state index >= 15 is 0 Å². The van der Waals surface area contributed by atoms with E-state index < -0.39 is 28.5 Å². The molecule has 0 aliphatic carbocycles. The summed E-state index contributed by atoms with van der Waals surface area (Å²) in [6, 6.07) is 0. The van der Waals surface area contributed by atoms with Crippen molar-refractivity contribution < 1.29 is 18.4 Å². The molecule has 0 aliphatic rings. The van der Waals surface area contributed by atoms with E-state index in [0.717, 1.165) is 13.3 Å². The van der Waals surface area contributed by atoms with Crippen LogP contribution in [0.15, 0.2) is 6.20 Å². The van der Waals surface area contributed by atoms with Crippen LogP contribution in [0.25, 0.3) is 0 Å². The molecule has 0 N–H and O–H groups in total. The summed E-state index contributed by atoms with van der Waals surface area (Å²) >= 11 is 1.64. The first-order valence-electron chi connectivity index (χ1n) is 3.64. The summed E-state index contributed by atoms with van der Waals surface area (Å²) < 4.78 is 29.6. The Hall–Kier alpha value is -1.06. The fraction of sp³-hybridized carbons (Fsp3) is 0.286. The van der Waals surface area contributed by atoms with E-state index in [4.69, 9.17) is 0 Å². The molecule has 8 heteroatoms. The smallest absolute Gasteiger partial charge is 0.327 e. The van der Waals surface area contributed by atoms with Gasteiger partial charge in [0.1, 0.15) is 3.57 Å². The van der Waals surface area contributed by atoms with E-state index in [9.17, 15) is 18.9 Å². The first-order valence-corrected chi connectivity index (χ1v) is 4.71. The topological polar surface area (TPSA) is 65.3 Å². The summed E-state index contributed by atoms with van der Waals surface area (Å²) in [6.07, 6.45) is -1.89. The monoisotopic (exact) mass is 330 g/mol. The van der Waals surface area contributed by atoms with E-state index in [2.05, 4.69) is 9.72 Å². The second kappa shape index (κ2) is 4.64. The second-order valence-electron chi connectivity index (χ2n) is 2.43. The van der Waals surface area contributed by atoms with Crippen molar-refractivity contribution in [3.8, 4) is 5.75 Å². The molecule has 82 valence electrons. The van der Waals surface area contributed by atoms with Gasteiger partial charge in [-0.25, -0.2) is 13.8 Å². The summed E-state index contributed by atoms with van der Waals surface area (Å²) in [6.45, 7) is 0. The lowest BCUT2D eigenvalue weighted by atomic mass is 10.3. The Bertz CT molecular complexity index is 400. The van der Waals surface area contributed by atoms with Crippen LogP contribution in [0.1, 0.15) is 12.1 Å². The largest absolute Gasteiger partial charge is 0.489 e. The van der Waals surface area contributed by atoms with Crippen LogP contribution < -0.4 is 4.74 Å². The Balaban J connectivity index is 3.47. The highest BCUT2D eigenvalue weighted by Gasteiger charge is 2.28. The third-order valence-electron chi connectivity index (χ3n) is 1.58. The average molecular weight is 330 g/mol. The predicted molar refractivity (Wildman–Crippen MR) is 55.1 cm³/mol. The van der Waals surface area contributed by atoms with Crippen LogP contribution >= 0.6 is 22.6 Å². The molecule has 15 heavy (non-hydrogen) atoms. The first-order chi connectivity index (χ1) is 6.99. The number of rotatable bonds is 3. The molecule has 1 aromatic rings. The summed E-state index contributed by atoms with van der Waals surface area (Å²) in [5, 5.41) is 10.6. The van der Waals surface area contributed by atoms with Crippen LogP contribution in [0, 0.1) is 13.7 Å². The van der Waals surface area contributed by atoms with Crippen molar-refractivity contribution in [3.05, 3.63) is 25.6 Å². The molecule has 0 atom stereocenters. The molecule has 5 nitrogen and oxygen atoms in total. The maximum absolute atomic E-state index is 12.4. The minimum Gasteiger partial charge on any atom is -0.489 e. The van der Waals surface area contributed by atoms with Gasteiger partial charge in [-0.2, -0.15) is 0 Å². The van der Waals surface area contributed by atoms with Gasteiger partial charge in [-0.1, -0.05) is 0 Å². The van der Waals surface area contributed by atoms with Gasteiger partial charge in [0.05, 0.1) is 12.0 Å². The first kappa shape index (κ1) is 12.0.